The SMILES string of the molecule is C/C=C(\C)CNc1nc(Nc2ccc3nnn(CCC)c3c2)ncc1N1CCCCC1. The molecule has 0 saturated carbocycles. The molecular weight excluding hydrogens is 388 g/mol. The van der Waals surface area contributed by atoms with Gasteiger partial charge < -0.3 is 15.5 Å². The number of nitrogens with zero attached hydrogens (tertiary/aromatic N) is 6. The zero-order valence-corrected chi connectivity index (χ0v) is 18.7. The lowest BCUT2D eigenvalue weighted by molar-refractivity contribution is 0.577. The summed E-state index contributed by atoms with van der Waals surface area (Å²) in [5.41, 5.74) is 5.19. The number of rotatable bonds is 8. The quantitative estimate of drug-likeness (QED) is 0.509. The Morgan fingerprint density at radius 2 is 2.03 bits per heavy atom. The molecule has 8 nitrogen and oxygen atoms in total. The predicted octanol–water partition coefficient (Wildman–Crippen LogP) is 4.74. The van der Waals surface area contributed by atoms with Crippen molar-refractivity contribution in [2.45, 2.75) is 53.0 Å². The van der Waals surface area contributed by atoms with Gasteiger partial charge in [-0.1, -0.05) is 23.8 Å². The number of aryl methyl sites for hydroxylation is 1. The van der Waals surface area contributed by atoms with Gasteiger partial charge in [0.25, 0.3) is 0 Å². The van der Waals surface area contributed by atoms with E-state index >= 15 is 0 Å². The van der Waals surface area contributed by atoms with Gasteiger partial charge in [0.2, 0.25) is 5.95 Å². The van der Waals surface area contributed by atoms with Crippen LogP contribution in [0.15, 0.2) is 36.0 Å². The Bertz CT molecular complexity index is 1050. The van der Waals surface area contributed by atoms with Gasteiger partial charge in [-0.05, 0) is 57.7 Å². The van der Waals surface area contributed by atoms with Crippen molar-refractivity contribution >= 4 is 34.2 Å². The maximum absolute atomic E-state index is 4.84. The molecule has 1 aliphatic heterocycles. The zero-order valence-electron chi connectivity index (χ0n) is 18.7. The molecule has 0 spiro atoms. The standard InChI is InChI=1S/C23H32N8/c1-4-11-31-20-14-18(9-10-19(20)28-29-31)26-23-25-16-21(30-12-7-6-8-13-30)22(27-23)24-15-17(3)5-2/h5,9-10,14,16H,4,6-8,11-13,15H2,1-3H3,(H2,24,25,26,27)/b17-5+. The molecule has 4 rings (SSSR count). The van der Waals surface area contributed by atoms with Gasteiger partial charge in [0.05, 0.1) is 17.4 Å². The van der Waals surface area contributed by atoms with Crippen molar-refractivity contribution in [1.82, 2.24) is 25.0 Å². The van der Waals surface area contributed by atoms with E-state index in [0.717, 1.165) is 60.8 Å². The number of anilines is 4. The molecule has 31 heavy (non-hydrogen) atoms. The first-order chi connectivity index (χ1) is 15.2. The molecule has 0 atom stereocenters. The summed E-state index contributed by atoms with van der Waals surface area (Å²) in [5.74, 6) is 1.45. The second-order valence-corrected chi connectivity index (χ2v) is 8.10. The van der Waals surface area contributed by atoms with Crippen LogP contribution in [0.3, 0.4) is 0 Å². The van der Waals surface area contributed by atoms with Gasteiger partial charge in [-0.2, -0.15) is 4.98 Å². The van der Waals surface area contributed by atoms with E-state index in [1.165, 1.54) is 24.8 Å². The lowest BCUT2D eigenvalue weighted by Gasteiger charge is -2.30. The van der Waals surface area contributed by atoms with Crippen LogP contribution in [0.4, 0.5) is 23.1 Å². The van der Waals surface area contributed by atoms with Crippen LogP contribution in [0.5, 0.6) is 0 Å². The van der Waals surface area contributed by atoms with Gasteiger partial charge in [-0.25, -0.2) is 9.67 Å². The van der Waals surface area contributed by atoms with E-state index in [2.05, 4.69) is 63.7 Å². The fraction of sp³-hybridized carbons (Fsp3) is 0.478. The third-order valence-corrected chi connectivity index (χ3v) is 5.70. The maximum atomic E-state index is 4.84. The van der Waals surface area contributed by atoms with E-state index in [0.29, 0.717) is 5.95 Å². The fourth-order valence-corrected chi connectivity index (χ4v) is 3.81. The van der Waals surface area contributed by atoms with Crippen molar-refractivity contribution < 1.29 is 0 Å². The number of hydrogen-bond acceptors (Lipinski definition) is 7. The van der Waals surface area contributed by atoms with Gasteiger partial charge in [-0.15, -0.1) is 5.10 Å². The van der Waals surface area contributed by atoms with E-state index in [4.69, 9.17) is 4.98 Å². The third kappa shape index (κ3) is 4.95. The fourth-order valence-electron chi connectivity index (χ4n) is 3.81. The lowest BCUT2D eigenvalue weighted by atomic mass is 10.1. The number of allylic oxidation sites excluding steroid dienone is 1. The van der Waals surface area contributed by atoms with E-state index < -0.39 is 0 Å². The summed E-state index contributed by atoms with van der Waals surface area (Å²) in [5, 5.41) is 15.4. The number of hydrogen-bond donors (Lipinski definition) is 2. The van der Waals surface area contributed by atoms with Gasteiger partial charge in [0.15, 0.2) is 5.82 Å². The minimum absolute atomic E-state index is 0.579. The molecule has 1 aliphatic rings. The monoisotopic (exact) mass is 420 g/mol. The maximum Gasteiger partial charge on any atom is 0.229 e. The van der Waals surface area contributed by atoms with Gasteiger partial charge in [-0.3, -0.25) is 0 Å². The molecule has 3 heterocycles. The van der Waals surface area contributed by atoms with Crippen LogP contribution in [0, 0.1) is 0 Å². The Balaban J connectivity index is 1.60. The molecule has 3 aromatic rings. The van der Waals surface area contributed by atoms with E-state index in [9.17, 15) is 0 Å². The number of fused-ring (bicyclic) bond motifs is 1. The molecule has 164 valence electrons. The number of aromatic nitrogens is 5. The predicted molar refractivity (Wildman–Crippen MR) is 127 cm³/mol. The molecular formula is C23H32N8. The van der Waals surface area contributed by atoms with Crippen molar-refractivity contribution in [3.8, 4) is 0 Å². The van der Waals surface area contributed by atoms with Crippen molar-refractivity contribution in [2.75, 3.05) is 35.2 Å². The highest BCUT2D eigenvalue weighted by molar-refractivity contribution is 5.80. The van der Waals surface area contributed by atoms with Crippen molar-refractivity contribution in [3.63, 3.8) is 0 Å². The Morgan fingerprint density at radius 3 is 2.81 bits per heavy atom. The minimum atomic E-state index is 0.579. The van der Waals surface area contributed by atoms with Crippen molar-refractivity contribution in [2.24, 2.45) is 0 Å². The molecule has 2 aromatic heterocycles. The number of benzene rings is 1. The zero-order chi connectivity index (χ0) is 21.6. The van der Waals surface area contributed by atoms with Crippen LogP contribution >= 0.6 is 0 Å². The lowest BCUT2D eigenvalue weighted by Crippen LogP contribution is -2.30. The Kier molecular flexibility index (Phi) is 6.64. The third-order valence-electron chi connectivity index (χ3n) is 5.70. The van der Waals surface area contributed by atoms with E-state index in [1.54, 1.807) is 0 Å². The van der Waals surface area contributed by atoms with Crippen LogP contribution in [0.1, 0.15) is 46.5 Å². The summed E-state index contributed by atoms with van der Waals surface area (Å²) in [4.78, 5) is 11.9. The first-order valence-corrected chi connectivity index (χ1v) is 11.3. The summed E-state index contributed by atoms with van der Waals surface area (Å²) in [6.07, 6.45) is 8.80. The van der Waals surface area contributed by atoms with E-state index in [-0.39, 0.29) is 0 Å². The second kappa shape index (κ2) is 9.76. The first-order valence-electron chi connectivity index (χ1n) is 11.3. The molecule has 0 radical (unpaired) electrons. The van der Waals surface area contributed by atoms with Crippen LogP contribution in [0.2, 0.25) is 0 Å². The summed E-state index contributed by atoms with van der Waals surface area (Å²) in [6.45, 7) is 10.0. The van der Waals surface area contributed by atoms with Gasteiger partial charge in [0.1, 0.15) is 5.52 Å². The molecule has 0 aliphatic carbocycles. The largest absolute Gasteiger partial charge is 0.367 e. The highest BCUT2D eigenvalue weighted by Crippen LogP contribution is 2.28. The second-order valence-electron chi connectivity index (χ2n) is 8.10. The average Bonchev–Trinajstić information content (AvgIpc) is 3.20. The van der Waals surface area contributed by atoms with Crippen molar-refractivity contribution in [3.05, 3.63) is 36.0 Å². The highest BCUT2D eigenvalue weighted by Gasteiger charge is 2.17. The highest BCUT2D eigenvalue weighted by atomic mass is 15.4. The van der Waals surface area contributed by atoms with Crippen LogP contribution in [-0.2, 0) is 6.54 Å². The molecule has 0 unspecified atom stereocenters. The summed E-state index contributed by atoms with van der Waals surface area (Å²) >= 11 is 0. The minimum Gasteiger partial charge on any atom is -0.367 e. The van der Waals surface area contributed by atoms with Crippen LogP contribution in [0.25, 0.3) is 11.0 Å². The Hall–Kier alpha value is -3.16. The smallest absolute Gasteiger partial charge is 0.229 e. The van der Waals surface area contributed by atoms with Crippen LogP contribution in [-0.4, -0.2) is 44.6 Å². The molecule has 0 amide bonds. The molecule has 1 fully saturated rings. The molecule has 0 bridgehead atoms. The Labute approximate surface area is 183 Å². The van der Waals surface area contributed by atoms with Gasteiger partial charge in [0, 0.05) is 31.9 Å². The Morgan fingerprint density at radius 1 is 1.19 bits per heavy atom. The molecule has 2 N–H and O–H groups in total. The number of piperidine rings is 1. The molecule has 1 saturated heterocycles. The summed E-state index contributed by atoms with van der Waals surface area (Å²) in [6, 6.07) is 6.03. The molecule has 1 aromatic carbocycles. The summed E-state index contributed by atoms with van der Waals surface area (Å²) < 4.78 is 1.94. The molecule has 8 heteroatoms. The average molecular weight is 421 g/mol. The van der Waals surface area contributed by atoms with E-state index in [1.807, 2.05) is 23.0 Å². The van der Waals surface area contributed by atoms with Crippen molar-refractivity contribution in [1.29, 1.82) is 0 Å². The first kappa shape index (κ1) is 21.1. The van der Waals surface area contributed by atoms with Gasteiger partial charge >= 0.3 is 0 Å². The topological polar surface area (TPSA) is 83.8 Å². The van der Waals surface area contributed by atoms with Crippen LogP contribution < -0.4 is 15.5 Å². The summed E-state index contributed by atoms with van der Waals surface area (Å²) in [7, 11) is 0. The number of nitrogens with one attached hydrogen (secondary N) is 2. The normalized spacial score (nSPS) is 14.8.